The summed E-state index contributed by atoms with van der Waals surface area (Å²) in [6.07, 6.45) is 0. The minimum absolute atomic E-state index is 0.586. The molecule has 0 radical (unpaired) electrons. The Morgan fingerprint density at radius 1 is 0.386 bits per heavy atom. The second-order valence-corrected chi connectivity index (χ2v) is 11.3. The molecule has 0 amide bonds. The number of fused-ring (bicyclic) bond motifs is 2. The molecule has 0 saturated heterocycles. The molecule has 2 heteroatoms. The Bertz CT molecular complexity index is 2430. The van der Waals surface area contributed by atoms with E-state index in [4.69, 9.17) is 9.15 Å². The summed E-state index contributed by atoms with van der Waals surface area (Å²) < 4.78 is 12.8. The lowest BCUT2D eigenvalue weighted by Gasteiger charge is -2.28. The van der Waals surface area contributed by atoms with E-state index in [1.165, 1.54) is 49.4 Å². The summed E-state index contributed by atoms with van der Waals surface area (Å²) in [7, 11) is 0. The first-order chi connectivity index (χ1) is 21.8. The summed E-state index contributed by atoms with van der Waals surface area (Å²) in [5.74, 6) is 1.62. The van der Waals surface area contributed by atoms with Crippen LogP contribution in [0.1, 0.15) is 0 Å². The average molecular weight is 563 g/mol. The van der Waals surface area contributed by atoms with Crippen LogP contribution in [-0.2, 0) is 0 Å². The number of hydrogen-bond donors (Lipinski definition) is 0. The third-order valence-corrected chi connectivity index (χ3v) is 8.81. The largest absolute Gasteiger partial charge is 0.453 e. The predicted octanol–water partition coefficient (Wildman–Crippen LogP) is 11.2. The topological polar surface area (TPSA) is 22.4 Å². The van der Waals surface area contributed by atoms with Gasteiger partial charge in [0.1, 0.15) is 11.2 Å². The van der Waals surface area contributed by atoms with Gasteiger partial charge in [-0.1, -0.05) is 140 Å². The van der Waals surface area contributed by atoms with E-state index in [0.29, 0.717) is 5.42 Å². The molecule has 0 N–H and O–H groups in total. The molecule has 2 aliphatic rings. The summed E-state index contributed by atoms with van der Waals surface area (Å²) in [6, 6.07) is 51.3. The van der Waals surface area contributed by atoms with Gasteiger partial charge >= 0.3 is 0 Å². The Kier molecular flexibility index (Phi) is 5.38. The van der Waals surface area contributed by atoms with Crippen LogP contribution in [0.4, 0.5) is 0 Å². The highest BCUT2D eigenvalue weighted by atomic mass is 16.5. The second kappa shape index (κ2) is 9.58. The average Bonchev–Trinajstić information content (AvgIpc) is 3.22. The molecule has 8 aromatic rings. The van der Waals surface area contributed by atoms with Gasteiger partial charge in [0.15, 0.2) is 11.3 Å². The van der Waals surface area contributed by atoms with Crippen molar-refractivity contribution in [3.63, 3.8) is 0 Å². The Morgan fingerprint density at radius 2 is 0.909 bits per heavy atom. The van der Waals surface area contributed by atoms with Crippen molar-refractivity contribution in [2.45, 2.75) is 0 Å². The lowest BCUT2D eigenvalue weighted by Crippen LogP contribution is -2.06. The molecular weight excluding hydrogens is 536 g/mol. The predicted molar refractivity (Wildman–Crippen MR) is 183 cm³/mol. The van der Waals surface area contributed by atoms with E-state index < -0.39 is 0 Å². The molecule has 206 valence electrons. The molecule has 7 aromatic carbocycles. The van der Waals surface area contributed by atoms with Crippen molar-refractivity contribution >= 4 is 39.1 Å². The maximum Gasteiger partial charge on any atom is 0.179 e. The molecule has 4 bridgehead atoms. The first-order valence-corrected chi connectivity index (χ1v) is 14.9. The molecule has 3 heterocycles. The van der Waals surface area contributed by atoms with Crippen LogP contribution in [-0.4, -0.2) is 0 Å². The van der Waals surface area contributed by atoms with Gasteiger partial charge in [-0.25, -0.2) is 0 Å². The Balaban J connectivity index is 1.41. The lowest BCUT2D eigenvalue weighted by atomic mass is 9.80. The molecule has 0 unspecified atom stereocenters. The van der Waals surface area contributed by atoms with Crippen LogP contribution in [0.25, 0.3) is 83.6 Å². The number of hydrogen-bond acceptors (Lipinski definition) is 2. The number of rotatable bonds is 3. The molecule has 44 heavy (non-hydrogen) atoms. The quantitative estimate of drug-likeness (QED) is 0.200. The molecule has 10 rings (SSSR count). The van der Waals surface area contributed by atoms with Crippen LogP contribution in [0.15, 0.2) is 150 Å². The van der Waals surface area contributed by atoms with Gasteiger partial charge in [0.25, 0.3) is 0 Å². The van der Waals surface area contributed by atoms with Crippen LogP contribution < -0.4 is 10.2 Å². The van der Waals surface area contributed by atoms with E-state index >= 15 is 0 Å². The highest BCUT2D eigenvalue weighted by Crippen LogP contribution is 2.59. The number of benzene rings is 6. The summed E-state index contributed by atoms with van der Waals surface area (Å²) in [5.41, 5.74) is 10.7. The fourth-order valence-corrected chi connectivity index (χ4v) is 6.97. The van der Waals surface area contributed by atoms with Gasteiger partial charge in [0, 0.05) is 16.5 Å². The molecule has 0 saturated carbocycles. The molecule has 0 fully saturated rings. The summed E-state index contributed by atoms with van der Waals surface area (Å²) in [6.45, 7) is 4.09. The third kappa shape index (κ3) is 3.55. The Hall–Kier alpha value is -5.86. The van der Waals surface area contributed by atoms with Crippen LogP contribution in [0.3, 0.4) is 0 Å². The first kappa shape index (κ1) is 24.7. The van der Waals surface area contributed by atoms with Gasteiger partial charge in [-0.2, -0.15) is 0 Å². The maximum absolute atomic E-state index is 6.52. The molecular formula is C42H26O2. The van der Waals surface area contributed by atoms with Crippen molar-refractivity contribution in [3.8, 4) is 56.0 Å². The van der Waals surface area contributed by atoms with Crippen molar-refractivity contribution in [2.75, 3.05) is 0 Å². The van der Waals surface area contributed by atoms with Crippen LogP contribution in [0.5, 0.6) is 11.5 Å². The fourth-order valence-electron chi connectivity index (χ4n) is 6.97. The molecule has 1 aromatic heterocycles. The van der Waals surface area contributed by atoms with Crippen molar-refractivity contribution in [2.24, 2.45) is 0 Å². The van der Waals surface area contributed by atoms with Crippen LogP contribution in [0, 0.1) is 0 Å². The van der Waals surface area contributed by atoms with Gasteiger partial charge in [-0.15, -0.1) is 0 Å². The molecule has 2 aliphatic heterocycles. The van der Waals surface area contributed by atoms with Crippen molar-refractivity contribution in [1.82, 2.24) is 0 Å². The van der Waals surface area contributed by atoms with E-state index in [1.54, 1.807) is 0 Å². The monoisotopic (exact) mass is 562 g/mol. The van der Waals surface area contributed by atoms with E-state index in [1.807, 2.05) is 18.2 Å². The summed E-state index contributed by atoms with van der Waals surface area (Å²) in [5, 5.41) is 5.88. The molecule has 0 atom stereocenters. The van der Waals surface area contributed by atoms with Gasteiger partial charge in [-0.05, 0) is 67.1 Å². The summed E-state index contributed by atoms with van der Waals surface area (Å²) >= 11 is 0. The minimum atomic E-state index is 0.586. The van der Waals surface area contributed by atoms with Gasteiger partial charge in [-0.3, -0.25) is 0 Å². The van der Waals surface area contributed by atoms with Crippen molar-refractivity contribution in [3.05, 3.63) is 151 Å². The van der Waals surface area contributed by atoms with E-state index in [0.717, 1.165) is 39.2 Å². The Morgan fingerprint density at radius 3 is 1.59 bits per heavy atom. The van der Waals surface area contributed by atoms with Gasteiger partial charge < -0.3 is 9.15 Å². The maximum atomic E-state index is 6.52. The second-order valence-electron chi connectivity index (χ2n) is 11.3. The zero-order valence-electron chi connectivity index (χ0n) is 23.9. The highest BCUT2D eigenvalue weighted by molar-refractivity contribution is 6.25. The SMILES string of the molecule is C=c1ccccc2c3c(o1)c2-c1c(cccc1-c1c2ccccc2c(-c2ccccc2-c2ccccc2)c2ccccc12)O3. The van der Waals surface area contributed by atoms with Gasteiger partial charge in [0.2, 0.25) is 0 Å². The van der Waals surface area contributed by atoms with Crippen LogP contribution in [0.2, 0.25) is 0 Å². The molecule has 0 aliphatic carbocycles. The van der Waals surface area contributed by atoms with E-state index in [2.05, 4.69) is 134 Å². The van der Waals surface area contributed by atoms with Crippen molar-refractivity contribution < 1.29 is 9.15 Å². The first-order valence-electron chi connectivity index (χ1n) is 14.9. The number of ether oxygens (including phenoxy) is 1. The Labute approximate surface area is 254 Å². The zero-order chi connectivity index (χ0) is 29.2. The highest BCUT2D eigenvalue weighted by Gasteiger charge is 2.33. The lowest BCUT2D eigenvalue weighted by molar-refractivity contribution is 0.460. The van der Waals surface area contributed by atoms with Crippen LogP contribution >= 0.6 is 0 Å². The smallest absolute Gasteiger partial charge is 0.179 e. The zero-order valence-corrected chi connectivity index (χ0v) is 23.9. The summed E-state index contributed by atoms with van der Waals surface area (Å²) in [4.78, 5) is 0. The van der Waals surface area contributed by atoms with E-state index in [-0.39, 0.29) is 0 Å². The van der Waals surface area contributed by atoms with Crippen molar-refractivity contribution in [1.29, 1.82) is 0 Å². The van der Waals surface area contributed by atoms with Gasteiger partial charge in [0.05, 0.1) is 0 Å². The molecule has 0 spiro atoms. The standard InChI is InChI=1S/C42H26O2/c1-26-14-5-6-23-35-40-39-34(24-13-25-36(39)44-41(35)42(40)43-26)38-32-21-11-9-19-30(32)37(31-20-10-12-22-33(31)38)29-18-8-7-17-28(29)27-15-3-2-4-16-27/h2-25H,1H2. The molecule has 2 nitrogen and oxygen atoms in total. The van der Waals surface area contributed by atoms with E-state index in [9.17, 15) is 0 Å². The minimum Gasteiger partial charge on any atom is -0.453 e. The normalized spacial score (nSPS) is 11.9. The fraction of sp³-hybridized carbons (Fsp3) is 0. The third-order valence-electron chi connectivity index (χ3n) is 8.81.